The van der Waals surface area contributed by atoms with Gasteiger partial charge < -0.3 is 14.8 Å². The predicted molar refractivity (Wildman–Crippen MR) is 81.6 cm³/mol. The fraction of sp³-hybridized carbons (Fsp3) is 0.353. The number of rotatable bonds is 5. The van der Waals surface area contributed by atoms with E-state index in [1.165, 1.54) is 5.56 Å². The number of hydrogen-bond acceptors (Lipinski definition) is 4. The first-order chi connectivity index (χ1) is 10.4. The molecule has 3 rings (SSSR count). The second-order valence-corrected chi connectivity index (χ2v) is 5.21. The molecule has 1 saturated heterocycles. The molecule has 0 saturated carbocycles. The summed E-state index contributed by atoms with van der Waals surface area (Å²) >= 11 is 0. The smallest absolute Gasteiger partial charge is 0.256 e. The van der Waals surface area contributed by atoms with Gasteiger partial charge in [0.15, 0.2) is 5.75 Å². The van der Waals surface area contributed by atoms with Crippen molar-refractivity contribution in [3.8, 4) is 11.6 Å². The summed E-state index contributed by atoms with van der Waals surface area (Å²) < 4.78 is 11.6. The van der Waals surface area contributed by atoms with Gasteiger partial charge in [-0.25, -0.2) is 4.98 Å². The Bertz CT molecular complexity index is 568. The van der Waals surface area contributed by atoms with Gasteiger partial charge >= 0.3 is 0 Å². The van der Waals surface area contributed by atoms with Crippen LogP contribution in [0, 0.1) is 5.92 Å². The maximum atomic E-state index is 6.28. The second kappa shape index (κ2) is 6.59. The summed E-state index contributed by atoms with van der Waals surface area (Å²) in [5.41, 5.74) is 1.19. The van der Waals surface area contributed by atoms with Crippen LogP contribution in [0.25, 0.3) is 0 Å². The zero-order chi connectivity index (χ0) is 14.5. The first-order valence-corrected chi connectivity index (χ1v) is 7.30. The van der Waals surface area contributed by atoms with E-state index in [1.807, 2.05) is 18.2 Å². The predicted octanol–water partition coefficient (Wildman–Crippen LogP) is 2.82. The van der Waals surface area contributed by atoms with Crippen LogP contribution in [0.1, 0.15) is 18.1 Å². The molecule has 2 aromatic rings. The SMILES string of the molecule is COc1ncccc1OC(c1ccccc1)[C@@H]1CCNC1. The van der Waals surface area contributed by atoms with E-state index >= 15 is 0 Å². The fourth-order valence-corrected chi connectivity index (χ4v) is 2.77. The minimum absolute atomic E-state index is 0.0132. The molecule has 0 bridgehead atoms. The van der Waals surface area contributed by atoms with Crippen molar-refractivity contribution in [2.24, 2.45) is 5.92 Å². The van der Waals surface area contributed by atoms with Crippen molar-refractivity contribution < 1.29 is 9.47 Å². The first-order valence-electron chi connectivity index (χ1n) is 7.30. The first kappa shape index (κ1) is 13.9. The fourth-order valence-electron chi connectivity index (χ4n) is 2.77. The standard InChI is InChI=1S/C17H20N2O2/c1-20-17-15(8-5-10-19-17)21-16(14-9-11-18-12-14)13-6-3-2-4-7-13/h2-8,10,14,16,18H,9,11-12H2,1H3/t14-,16?/m1/s1. The molecule has 4 nitrogen and oxygen atoms in total. The topological polar surface area (TPSA) is 43.4 Å². The average Bonchev–Trinajstić information content (AvgIpc) is 3.08. The molecule has 2 heterocycles. The summed E-state index contributed by atoms with van der Waals surface area (Å²) in [6.07, 6.45) is 2.84. The quantitative estimate of drug-likeness (QED) is 0.917. The normalized spacial score (nSPS) is 19.2. The van der Waals surface area contributed by atoms with Crippen molar-refractivity contribution in [2.45, 2.75) is 12.5 Å². The maximum Gasteiger partial charge on any atom is 0.256 e. The van der Waals surface area contributed by atoms with Gasteiger partial charge in [0.25, 0.3) is 5.88 Å². The number of nitrogens with one attached hydrogen (secondary N) is 1. The summed E-state index contributed by atoms with van der Waals surface area (Å²) in [4.78, 5) is 4.21. The Kier molecular flexibility index (Phi) is 4.36. The third kappa shape index (κ3) is 3.16. The van der Waals surface area contributed by atoms with E-state index in [0.29, 0.717) is 17.5 Å². The van der Waals surface area contributed by atoms with Gasteiger partial charge in [-0.2, -0.15) is 0 Å². The van der Waals surface area contributed by atoms with E-state index in [-0.39, 0.29) is 6.10 Å². The number of hydrogen-bond donors (Lipinski definition) is 1. The average molecular weight is 284 g/mol. The number of aromatic nitrogens is 1. The molecule has 0 spiro atoms. The number of methoxy groups -OCH3 is 1. The van der Waals surface area contributed by atoms with Crippen molar-refractivity contribution in [3.63, 3.8) is 0 Å². The van der Waals surface area contributed by atoms with Crippen LogP contribution in [0.2, 0.25) is 0 Å². The molecule has 1 aromatic carbocycles. The Balaban J connectivity index is 1.88. The highest BCUT2D eigenvalue weighted by atomic mass is 16.5. The van der Waals surface area contributed by atoms with Crippen LogP contribution in [0.3, 0.4) is 0 Å². The van der Waals surface area contributed by atoms with Crippen LogP contribution in [0.15, 0.2) is 48.7 Å². The molecular weight excluding hydrogens is 264 g/mol. The van der Waals surface area contributed by atoms with E-state index in [1.54, 1.807) is 13.3 Å². The highest BCUT2D eigenvalue weighted by Crippen LogP contribution is 2.35. The van der Waals surface area contributed by atoms with Gasteiger partial charge in [0.2, 0.25) is 0 Å². The molecule has 0 amide bonds. The van der Waals surface area contributed by atoms with Crippen molar-refractivity contribution >= 4 is 0 Å². The lowest BCUT2D eigenvalue weighted by Gasteiger charge is -2.25. The van der Waals surface area contributed by atoms with Gasteiger partial charge in [-0.05, 0) is 30.7 Å². The van der Waals surface area contributed by atoms with Crippen molar-refractivity contribution in [1.82, 2.24) is 10.3 Å². The minimum atomic E-state index is 0.0132. The number of benzene rings is 1. The molecular formula is C17H20N2O2. The van der Waals surface area contributed by atoms with Crippen LogP contribution in [-0.2, 0) is 0 Å². The monoisotopic (exact) mass is 284 g/mol. The number of pyridine rings is 1. The Morgan fingerprint density at radius 3 is 2.76 bits per heavy atom. The van der Waals surface area contributed by atoms with Gasteiger partial charge in [-0.15, -0.1) is 0 Å². The van der Waals surface area contributed by atoms with Gasteiger partial charge in [0.1, 0.15) is 6.10 Å². The van der Waals surface area contributed by atoms with E-state index in [0.717, 1.165) is 19.5 Å². The summed E-state index contributed by atoms with van der Waals surface area (Å²) in [5.74, 6) is 1.68. The highest BCUT2D eigenvalue weighted by Gasteiger charge is 2.28. The Labute approximate surface area is 125 Å². The molecule has 21 heavy (non-hydrogen) atoms. The van der Waals surface area contributed by atoms with E-state index in [9.17, 15) is 0 Å². The molecule has 1 aromatic heterocycles. The van der Waals surface area contributed by atoms with E-state index in [4.69, 9.17) is 9.47 Å². The lowest BCUT2D eigenvalue weighted by atomic mass is 9.95. The van der Waals surface area contributed by atoms with Crippen molar-refractivity contribution in [1.29, 1.82) is 0 Å². The van der Waals surface area contributed by atoms with Gasteiger partial charge in [-0.3, -0.25) is 0 Å². The molecule has 0 radical (unpaired) electrons. The molecule has 2 atom stereocenters. The molecule has 1 aliphatic rings. The van der Waals surface area contributed by atoms with Gasteiger partial charge in [-0.1, -0.05) is 30.3 Å². The number of ether oxygens (including phenoxy) is 2. The lowest BCUT2D eigenvalue weighted by Crippen LogP contribution is -2.21. The molecule has 0 aliphatic carbocycles. The Hall–Kier alpha value is -2.07. The minimum Gasteiger partial charge on any atom is -0.480 e. The Morgan fingerprint density at radius 1 is 1.19 bits per heavy atom. The molecule has 1 aliphatic heterocycles. The largest absolute Gasteiger partial charge is 0.480 e. The molecule has 1 N–H and O–H groups in total. The van der Waals surface area contributed by atoms with Crippen molar-refractivity contribution in [2.75, 3.05) is 20.2 Å². The van der Waals surface area contributed by atoms with Crippen LogP contribution in [-0.4, -0.2) is 25.2 Å². The van der Waals surface area contributed by atoms with E-state index in [2.05, 4.69) is 34.6 Å². The summed E-state index contributed by atoms with van der Waals surface area (Å²) in [6.45, 7) is 2.02. The highest BCUT2D eigenvalue weighted by molar-refractivity contribution is 5.33. The van der Waals surface area contributed by atoms with Crippen LogP contribution in [0.5, 0.6) is 11.6 Å². The second-order valence-electron chi connectivity index (χ2n) is 5.21. The molecule has 1 fully saturated rings. The molecule has 1 unspecified atom stereocenters. The third-order valence-electron chi connectivity index (χ3n) is 3.84. The summed E-state index contributed by atoms with van der Waals surface area (Å²) in [5, 5.41) is 3.41. The summed E-state index contributed by atoms with van der Waals surface area (Å²) in [6, 6.07) is 14.1. The maximum absolute atomic E-state index is 6.28. The van der Waals surface area contributed by atoms with Gasteiger partial charge in [0, 0.05) is 18.7 Å². The zero-order valence-corrected chi connectivity index (χ0v) is 12.2. The zero-order valence-electron chi connectivity index (χ0n) is 12.2. The molecule has 4 heteroatoms. The third-order valence-corrected chi connectivity index (χ3v) is 3.84. The summed E-state index contributed by atoms with van der Waals surface area (Å²) in [7, 11) is 1.61. The van der Waals surface area contributed by atoms with Gasteiger partial charge in [0.05, 0.1) is 7.11 Å². The van der Waals surface area contributed by atoms with E-state index < -0.39 is 0 Å². The molecule has 110 valence electrons. The Morgan fingerprint density at radius 2 is 2.05 bits per heavy atom. The van der Waals surface area contributed by atoms with Crippen LogP contribution >= 0.6 is 0 Å². The van der Waals surface area contributed by atoms with Crippen LogP contribution in [0.4, 0.5) is 0 Å². The van der Waals surface area contributed by atoms with Crippen LogP contribution < -0.4 is 14.8 Å². The van der Waals surface area contributed by atoms with Crippen molar-refractivity contribution in [3.05, 3.63) is 54.2 Å². The number of nitrogens with zero attached hydrogens (tertiary/aromatic N) is 1. The lowest BCUT2D eigenvalue weighted by molar-refractivity contribution is 0.138.